The van der Waals surface area contributed by atoms with Crippen molar-refractivity contribution >= 4 is 5.91 Å². The molecular weight excluding hydrogens is 226 g/mol. The zero-order valence-electron chi connectivity index (χ0n) is 11.6. The highest BCUT2D eigenvalue weighted by Crippen LogP contribution is 2.35. The number of rotatable bonds is 4. The standard InChI is InChI=1S/C15H21NO2/c1-10(2)12-6-5-7-13(15(17)16(3)4)14(12)18-11-8-9-11/h5-7,10-11H,8-9H2,1-4H3. The number of hydrogen-bond acceptors (Lipinski definition) is 2. The predicted molar refractivity (Wildman–Crippen MR) is 72.2 cm³/mol. The van der Waals surface area contributed by atoms with Crippen molar-refractivity contribution < 1.29 is 9.53 Å². The molecule has 98 valence electrons. The van der Waals surface area contributed by atoms with Crippen LogP contribution in [0.3, 0.4) is 0 Å². The van der Waals surface area contributed by atoms with Crippen LogP contribution >= 0.6 is 0 Å². The maximum Gasteiger partial charge on any atom is 0.257 e. The van der Waals surface area contributed by atoms with Crippen LogP contribution in [-0.4, -0.2) is 31.0 Å². The normalized spacial score (nSPS) is 14.7. The summed E-state index contributed by atoms with van der Waals surface area (Å²) in [6, 6.07) is 5.84. The lowest BCUT2D eigenvalue weighted by Gasteiger charge is -2.19. The summed E-state index contributed by atoms with van der Waals surface area (Å²) in [5, 5.41) is 0. The summed E-state index contributed by atoms with van der Waals surface area (Å²) in [6.07, 6.45) is 2.50. The van der Waals surface area contributed by atoms with E-state index in [0.717, 1.165) is 24.2 Å². The lowest BCUT2D eigenvalue weighted by molar-refractivity contribution is 0.0822. The summed E-state index contributed by atoms with van der Waals surface area (Å²) in [5.74, 6) is 1.15. The lowest BCUT2D eigenvalue weighted by atomic mass is 9.98. The quantitative estimate of drug-likeness (QED) is 0.818. The highest BCUT2D eigenvalue weighted by atomic mass is 16.5. The number of hydrogen-bond donors (Lipinski definition) is 0. The van der Waals surface area contributed by atoms with E-state index in [1.807, 2.05) is 12.1 Å². The van der Waals surface area contributed by atoms with Crippen molar-refractivity contribution in [3.8, 4) is 5.75 Å². The molecule has 1 amide bonds. The summed E-state index contributed by atoms with van der Waals surface area (Å²) >= 11 is 0. The van der Waals surface area contributed by atoms with E-state index in [-0.39, 0.29) is 5.91 Å². The zero-order valence-corrected chi connectivity index (χ0v) is 11.6. The Kier molecular flexibility index (Phi) is 3.60. The molecule has 0 radical (unpaired) electrons. The molecule has 1 aliphatic rings. The number of ether oxygens (including phenoxy) is 1. The van der Waals surface area contributed by atoms with Crippen LogP contribution in [0.25, 0.3) is 0 Å². The third-order valence-electron chi connectivity index (χ3n) is 3.11. The largest absolute Gasteiger partial charge is 0.489 e. The Morgan fingerprint density at radius 1 is 1.33 bits per heavy atom. The molecule has 1 fully saturated rings. The van der Waals surface area contributed by atoms with Crippen LogP contribution in [0, 0.1) is 0 Å². The number of carbonyl (C=O) groups is 1. The van der Waals surface area contributed by atoms with E-state index in [0.29, 0.717) is 17.6 Å². The molecule has 0 bridgehead atoms. The van der Waals surface area contributed by atoms with Gasteiger partial charge in [0, 0.05) is 14.1 Å². The molecule has 0 aliphatic heterocycles. The minimum Gasteiger partial charge on any atom is -0.489 e. The molecule has 1 aromatic carbocycles. The average Bonchev–Trinajstić information content (AvgIpc) is 3.11. The van der Waals surface area contributed by atoms with Gasteiger partial charge in [-0.25, -0.2) is 0 Å². The molecule has 1 aromatic rings. The van der Waals surface area contributed by atoms with Crippen LogP contribution < -0.4 is 4.74 Å². The molecular formula is C15H21NO2. The van der Waals surface area contributed by atoms with Crippen LogP contribution in [0.15, 0.2) is 18.2 Å². The number of para-hydroxylation sites is 1. The Morgan fingerprint density at radius 3 is 2.50 bits per heavy atom. The first-order chi connectivity index (χ1) is 8.50. The highest BCUT2D eigenvalue weighted by Gasteiger charge is 2.28. The number of nitrogens with zero attached hydrogens (tertiary/aromatic N) is 1. The van der Waals surface area contributed by atoms with Gasteiger partial charge in [0.2, 0.25) is 0 Å². The number of benzene rings is 1. The topological polar surface area (TPSA) is 29.5 Å². The lowest BCUT2D eigenvalue weighted by Crippen LogP contribution is -2.23. The van der Waals surface area contributed by atoms with E-state index >= 15 is 0 Å². The van der Waals surface area contributed by atoms with Gasteiger partial charge in [-0.15, -0.1) is 0 Å². The Morgan fingerprint density at radius 2 is 2.00 bits per heavy atom. The molecule has 0 N–H and O–H groups in total. The van der Waals surface area contributed by atoms with Gasteiger partial charge in [-0.1, -0.05) is 26.0 Å². The number of carbonyl (C=O) groups excluding carboxylic acids is 1. The van der Waals surface area contributed by atoms with E-state index in [1.165, 1.54) is 0 Å². The number of amides is 1. The fourth-order valence-electron chi connectivity index (χ4n) is 1.90. The minimum atomic E-state index is 0.00755. The van der Waals surface area contributed by atoms with E-state index < -0.39 is 0 Å². The first-order valence-electron chi connectivity index (χ1n) is 6.52. The molecule has 1 saturated carbocycles. The summed E-state index contributed by atoms with van der Waals surface area (Å²) in [5.41, 5.74) is 1.80. The average molecular weight is 247 g/mol. The van der Waals surface area contributed by atoms with Crippen LogP contribution in [0.1, 0.15) is 48.5 Å². The highest BCUT2D eigenvalue weighted by molar-refractivity contribution is 5.97. The summed E-state index contributed by atoms with van der Waals surface area (Å²) < 4.78 is 5.97. The van der Waals surface area contributed by atoms with Gasteiger partial charge in [0.15, 0.2) is 0 Å². The Bertz CT molecular complexity index is 448. The third kappa shape index (κ3) is 2.66. The van der Waals surface area contributed by atoms with E-state index in [4.69, 9.17) is 4.74 Å². The second-order valence-electron chi connectivity index (χ2n) is 5.40. The molecule has 3 nitrogen and oxygen atoms in total. The smallest absolute Gasteiger partial charge is 0.257 e. The fourth-order valence-corrected chi connectivity index (χ4v) is 1.90. The molecule has 0 atom stereocenters. The van der Waals surface area contributed by atoms with Crippen LogP contribution in [0.5, 0.6) is 5.75 Å². The molecule has 1 aliphatic carbocycles. The second-order valence-corrected chi connectivity index (χ2v) is 5.40. The molecule has 0 heterocycles. The summed E-state index contributed by atoms with van der Waals surface area (Å²) in [6.45, 7) is 4.25. The second kappa shape index (κ2) is 5.01. The SMILES string of the molecule is CC(C)c1cccc(C(=O)N(C)C)c1OC1CC1. The van der Waals surface area contributed by atoms with Crippen LogP contribution in [0.2, 0.25) is 0 Å². The van der Waals surface area contributed by atoms with Gasteiger partial charge in [0.1, 0.15) is 5.75 Å². The first-order valence-corrected chi connectivity index (χ1v) is 6.52. The third-order valence-corrected chi connectivity index (χ3v) is 3.11. The van der Waals surface area contributed by atoms with Crippen molar-refractivity contribution in [2.45, 2.75) is 38.7 Å². The Hall–Kier alpha value is -1.51. The molecule has 2 rings (SSSR count). The molecule has 0 saturated heterocycles. The van der Waals surface area contributed by atoms with E-state index in [9.17, 15) is 4.79 Å². The maximum absolute atomic E-state index is 12.2. The van der Waals surface area contributed by atoms with Crippen molar-refractivity contribution in [3.05, 3.63) is 29.3 Å². The van der Waals surface area contributed by atoms with Gasteiger partial charge in [0.05, 0.1) is 11.7 Å². The molecule has 0 aromatic heterocycles. The van der Waals surface area contributed by atoms with Gasteiger partial charge in [0.25, 0.3) is 5.91 Å². The van der Waals surface area contributed by atoms with Crippen molar-refractivity contribution in [1.29, 1.82) is 0 Å². The summed E-state index contributed by atoms with van der Waals surface area (Å²) in [7, 11) is 3.54. The Labute approximate surface area is 109 Å². The Balaban J connectivity index is 2.42. The van der Waals surface area contributed by atoms with Gasteiger partial charge in [-0.05, 0) is 30.4 Å². The summed E-state index contributed by atoms with van der Waals surface area (Å²) in [4.78, 5) is 13.8. The van der Waals surface area contributed by atoms with Crippen LogP contribution in [0.4, 0.5) is 0 Å². The zero-order chi connectivity index (χ0) is 13.3. The minimum absolute atomic E-state index is 0.00755. The first kappa shape index (κ1) is 12.9. The van der Waals surface area contributed by atoms with Crippen molar-refractivity contribution in [1.82, 2.24) is 4.90 Å². The predicted octanol–water partition coefficient (Wildman–Crippen LogP) is 3.05. The van der Waals surface area contributed by atoms with Gasteiger partial charge >= 0.3 is 0 Å². The maximum atomic E-state index is 12.2. The van der Waals surface area contributed by atoms with Crippen molar-refractivity contribution in [2.24, 2.45) is 0 Å². The van der Waals surface area contributed by atoms with Gasteiger partial charge in [-0.2, -0.15) is 0 Å². The van der Waals surface area contributed by atoms with Crippen molar-refractivity contribution in [3.63, 3.8) is 0 Å². The monoisotopic (exact) mass is 247 g/mol. The van der Waals surface area contributed by atoms with Gasteiger partial charge < -0.3 is 9.64 Å². The molecule has 0 spiro atoms. The van der Waals surface area contributed by atoms with Crippen molar-refractivity contribution in [2.75, 3.05) is 14.1 Å². The molecule has 0 unspecified atom stereocenters. The molecule has 18 heavy (non-hydrogen) atoms. The van der Waals surface area contributed by atoms with Crippen LogP contribution in [-0.2, 0) is 0 Å². The van der Waals surface area contributed by atoms with Gasteiger partial charge in [-0.3, -0.25) is 4.79 Å². The van der Waals surface area contributed by atoms with E-state index in [1.54, 1.807) is 19.0 Å². The molecule has 3 heteroatoms. The fraction of sp³-hybridized carbons (Fsp3) is 0.533. The van der Waals surface area contributed by atoms with E-state index in [2.05, 4.69) is 19.9 Å².